The number of carbonyl (C=O) groups is 3. The maximum Gasteiger partial charge on any atom is 0.407 e. The van der Waals surface area contributed by atoms with Gasteiger partial charge in [-0.1, -0.05) is 66.7 Å². The van der Waals surface area contributed by atoms with Gasteiger partial charge in [0, 0.05) is 17.4 Å². The van der Waals surface area contributed by atoms with Gasteiger partial charge in [-0.3, -0.25) is 0 Å². The van der Waals surface area contributed by atoms with Crippen molar-refractivity contribution in [2.75, 3.05) is 24.7 Å². The molecule has 3 aromatic carbocycles. The lowest BCUT2D eigenvalue weighted by atomic mass is 9.98. The lowest BCUT2D eigenvalue weighted by Crippen LogP contribution is -2.43. The highest BCUT2D eigenvalue weighted by molar-refractivity contribution is 7.99. The Balaban J connectivity index is 1.24. The van der Waals surface area contributed by atoms with Gasteiger partial charge in [0.15, 0.2) is 0 Å². The van der Waals surface area contributed by atoms with E-state index in [0.717, 1.165) is 22.3 Å². The smallest absolute Gasteiger partial charge is 0.407 e. The van der Waals surface area contributed by atoms with E-state index in [9.17, 15) is 19.5 Å². The fourth-order valence-corrected chi connectivity index (χ4v) is 4.84. The molecule has 4 rings (SSSR count). The number of carboxylic acids is 1. The molecule has 0 radical (unpaired) electrons. The third-order valence-corrected chi connectivity index (χ3v) is 6.71. The van der Waals surface area contributed by atoms with Crippen LogP contribution in [0, 0.1) is 0 Å². The molecule has 0 bridgehead atoms. The lowest BCUT2D eigenvalue weighted by molar-refractivity contribution is -0.138. The van der Waals surface area contributed by atoms with Crippen molar-refractivity contribution in [2.45, 2.75) is 12.0 Å². The monoisotopic (exact) mass is 491 g/mol. The summed E-state index contributed by atoms with van der Waals surface area (Å²) in [6.07, 6.45) is -0.782. The molecule has 1 aliphatic rings. The number of nitrogens with one attached hydrogen (secondary N) is 1. The molecule has 0 spiro atoms. The molecule has 2 N–H and O–H groups in total. The summed E-state index contributed by atoms with van der Waals surface area (Å²) < 4.78 is 10.6. The second-order valence-corrected chi connectivity index (χ2v) is 9.09. The van der Waals surface area contributed by atoms with Gasteiger partial charge in [0.05, 0.1) is 5.56 Å². The van der Waals surface area contributed by atoms with Crippen molar-refractivity contribution in [3.8, 4) is 11.1 Å². The average Bonchev–Trinajstić information content (AvgIpc) is 3.20. The molecule has 1 amide bonds. The first kappa shape index (κ1) is 24.3. The topological polar surface area (TPSA) is 102 Å². The molecular formula is C27H25NO6S. The number of esters is 1. The molecular weight excluding hydrogens is 466 g/mol. The molecule has 1 atom stereocenters. The molecule has 3 aromatic rings. The van der Waals surface area contributed by atoms with Crippen LogP contribution in [0.1, 0.15) is 27.4 Å². The Bertz CT molecular complexity index is 1150. The summed E-state index contributed by atoms with van der Waals surface area (Å²) in [6, 6.07) is 23.5. The Kier molecular flexibility index (Phi) is 8.05. The summed E-state index contributed by atoms with van der Waals surface area (Å²) in [5, 5.41) is 11.9. The minimum absolute atomic E-state index is 0.106. The number of ether oxygens (including phenoxy) is 2. The number of benzene rings is 3. The molecule has 7 nitrogen and oxygen atoms in total. The van der Waals surface area contributed by atoms with Crippen LogP contribution in [0.5, 0.6) is 0 Å². The predicted molar refractivity (Wildman–Crippen MR) is 134 cm³/mol. The zero-order valence-corrected chi connectivity index (χ0v) is 19.7. The summed E-state index contributed by atoms with van der Waals surface area (Å²) >= 11 is 1.27. The number of aliphatic carboxylic acids is 1. The van der Waals surface area contributed by atoms with Crippen LogP contribution in [0.4, 0.5) is 4.79 Å². The van der Waals surface area contributed by atoms with E-state index in [-0.39, 0.29) is 24.9 Å². The van der Waals surface area contributed by atoms with Crippen molar-refractivity contribution in [1.82, 2.24) is 5.32 Å². The largest absolute Gasteiger partial charge is 0.480 e. The second-order valence-electron chi connectivity index (χ2n) is 7.94. The van der Waals surface area contributed by atoms with E-state index < -0.39 is 24.1 Å². The average molecular weight is 492 g/mol. The Morgan fingerprint density at radius 2 is 1.46 bits per heavy atom. The predicted octanol–water partition coefficient (Wildman–Crippen LogP) is 4.57. The van der Waals surface area contributed by atoms with Gasteiger partial charge in [0.25, 0.3) is 0 Å². The van der Waals surface area contributed by atoms with Crippen molar-refractivity contribution in [3.05, 3.63) is 95.6 Å². The lowest BCUT2D eigenvalue weighted by Gasteiger charge is -2.17. The van der Waals surface area contributed by atoms with Crippen LogP contribution in [-0.2, 0) is 14.3 Å². The highest BCUT2D eigenvalue weighted by atomic mass is 32.2. The van der Waals surface area contributed by atoms with Gasteiger partial charge in [-0.15, -0.1) is 0 Å². The Hall–Kier alpha value is -3.78. The first-order valence-corrected chi connectivity index (χ1v) is 12.3. The van der Waals surface area contributed by atoms with E-state index >= 15 is 0 Å². The summed E-state index contributed by atoms with van der Waals surface area (Å²) in [7, 11) is 0. The molecule has 180 valence electrons. The number of hydrogen-bond acceptors (Lipinski definition) is 6. The number of fused-ring (bicyclic) bond motifs is 3. The van der Waals surface area contributed by atoms with Crippen molar-refractivity contribution in [2.24, 2.45) is 0 Å². The first-order chi connectivity index (χ1) is 17.0. The quantitative estimate of drug-likeness (QED) is 0.316. The third-order valence-electron chi connectivity index (χ3n) is 5.69. The molecule has 1 aliphatic carbocycles. The Labute approximate surface area is 207 Å². The van der Waals surface area contributed by atoms with Crippen molar-refractivity contribution in [3.63, 3.8) is 0 Å². The van der Waals surface area contributed by atoms with Crippen molar-refractivity contribution in [1.29, 1.82) is 0 Å². The number of carbonyl (C=O) groups excluding carboxylic acids is 2. The van der Waals surface area contributed by atoms with Crippen LogP contribution in [0.25, 0.3) is 11.1 Å². The highest BCUT2D eigenvalue weighted by Crippen LogP contribution is 2.44. The number of rotatable bonds is 10. The number of carboxylic acid groups (broad SMARTS) is 1. The molecule has 0 aliphatic heterocycles. The van der Waals surface area contributed by atoms with Crippen LogP contribution >= 0.6 is 11.8 Å². The van der Waals surface area contributed by atoms with Crippen LogP contribution in [-0.4, -0.2) is 53.9 Å². The highest BCUT2D eigenvalue weighted by Gasteiger charge is 2.29. The Morgan fingerprint density at radius 3 is 2.09 bits per heavy atom. The van der Waals surface area contributed by atoms with Crippen LogP contribution in [0.3, 0.4) is 0 Å². The third kappa shape index (κ3) is 6.02. The summed E-state index contributed by atoms with van der Waals surface area (Å²) in [5.74, 6) is -1.19. The van der Waals surface area contributed by atoms with Crippen LogP contribution in [0.15, 0.2) is 78.9 Å². The zero-order valence-electron chi connectivity index (χ0n) is 18.9. The van der Waals surface area contributed by atoms with Gasteiger partial charge in [-0.05, 0) is 34.4 Å². The van der Waals surface area contributed by atoms with E-state index in [4.69, 9.17) is 9.47 Å². The van der Waals surface area contributed by atoms with Gasteiger partial charge in [-0.2, -0.15) is 11.8 Å². The number of alkyl carbamates (subject to hydrolysis) is 1. The fraction of sp³-hybridized carbons (Fsp3) is 0.222. The minimum atomic E-state index is -1.16. The zero-order chi connectivity index (χ0) is 24.6. The number of hydrogen-bond donors (Lipinski definition) is 2. The van der Waals surface area contributed by atoms with E-state index in [0.29, 0.717) is 11.3 Å². The molecule has 0 heterocycles. The molecule has 0 fully saturated rings. The standard InChI is InChI=1S/C27H25NO6S/c29-25(30)24(17-35-15-14-33-26(31)18-8-2-1-3-9-18)28-27(32)34-16-23-21-12-6-4-10-19(21)20-11-5-7-13-22(20)23/h1-13,23-24H,14-17H2,(H,28,32)(H,29,30). The SMILES string of the molecule is O=C(NC(CSCCOC(=O)c1ccccc1)C(=O)O)OCC1c2ccccc2-c2ccccc21. The van der Waals surface area contributed by atoms with Crippen LogP contribution in [0.2, 0.25) is 0 Å². The van der Waals surface area contributed by atoms with Crippen LogP contribution < -0.4 is 5.32 Å². The van der Waals surface area contributed by atoms with E-state index in [1.165, 1.54) is 11.8 Å². The summed E-state index contributed by atoms with van der Waals surface area (Å²) in [6.45, 7) is 0.241. The minimum Gasteiger partial charge on any atom is -0.480 e. The summed E-state index contributed by atoms with van der Waals surface area (Å²) in [4.78, 5) is 35.9. The van der Waals surface area contributed by atoms with Crippen molar-refractivity contribution >= 4 is 29.8 Å². The van der Waals surface area contributed by atoms with E-state index in [1.807, 2.05) is 54.6 Å². The maximum atomic E-state index is 12.4. The van der Waals surface area contributed by atoms with Gasteiger partial charge in [0.1, 0.15) is 19.3 Å². The van der Waals surface area contributed by atoms with E-state index in [1.54, 1.807) is 24.3 Å². The number of amides is 1. The normalized spacial score (nSPS) is 12.8. The second kappa shape index (κ2) is 11.6. The molecule has 0 saturated carbocycles. The molecule has 0 saturated heterocycles. The number of thioether (sulfide) groups is 1. The first-order valence-electron chi connectivity index (χ1n) is 11.2. The van der Waals surface area contributed by atoms with E-state index in [2.05, 4.69) is 5.32 Å². The molecule has 1 unspecified atom stereocenters. The summed E-state index contributed by atoms with van der Waals surface area (Å²) in [5.41, 5.74) is 4.85. The van der Waals surface area contributed by atoms with Crippen molar-refractivity contribution < 1.29 is 29.0 Å². The van der Waals surface area contributed by atoms with Gasteiger partial charge >= 0.3 is 18.0 Å². The maximum absolute atomic E-state index is 12.4. The fourth-order valence-electron chi connectivity index (χ4n) is 4.01. The van der Waals surface area contributed by atoms with Gasteiger partial charge in [-0.25, -0.2) is 14.4 Å². The molecule has 0 aromatic heterocycles. The molecule has 8 heteroatoms. The van der Waals surface area contributed by atoms with Gasteiger partial charge in [0.2, 0.25) is 0 Å². The Morgan fingerprint density at radius 1 is 0.857 bits per heavy atom. The van der Waals surface area contributed by atoms with Gasteiger partial charge < -0.3 is 19.9 Å². The molecule has 35 heavy (non-hydrogen) atoms.